The molecule has 122 valence electrons. The Morgan fingerprint density at radius 2 is 2.26 bits per heavy atom. The van der Waals surface area contributed by atoms with Gasteiger partial charge in [0.2, 0.25) is 11.8 Å². The van der Waals surface area contributed by atoms with E-state index in [-0.39, 0.29) is 11.6 Å². The number of amides is 2. The molecule has 3 heterocycles. The molecule has 9 heteroatoms. The van der Waals surface area contributed by atoms with Gasteiger partial charge in [0, 0.05) is 32.1 Å². The highest BCUT2D eigenvalue weighted by atomic mass is 35.5. The number of halogens is 2. The molecule has 3 rings (SSSR count). The van der Waals surface area contributed by atoms with Crippen molar-refractivity contribution >= 4 is 40.4 Å². The number of rotatable bonds is 3. The summed E-state index contributed by atoms with van der Waals surface area (Å²) < 4.78 is 15.0. The molecule has 2 atom stereocenters. The zero-order valence-electron chi connectivity index (χ0n) is 12.4. The lowest BCUT2D eigenvalue weighted by Gasteiger charge is -2.15. The molecule has 0 radical (unpaired) electrons. The summed E-state index contributed by atoms with van der Waals surface area (Å²) in [6.07, 6.45) is 1.56. The Bertz CT molecular complexity index is 775. The maximum Gasteiger partial charge on any atom is 0.237 e. The van der Waals surface area contributed by atoms with Crippen molar-refractivity contribution in [2.24, 2.45) is 13.0 Å². The Balaban J connectivity index is 1.90. The number of thiophene rings is 1. The Morgan fingerprint density at radius 1 is 1.52 bits per heavy atom. The maximum atomic E-state index is 13.5. The van der Waals surface area contributed by atoms with E-state index in [4.69, 9.17) is 11.6 Å². The Labute approximate surface area is 140 Å². The molecule has 1 aliphatic heterocycles. The van der Waals surface area contributed by atoms with Crippen molar-refractivity contribution in [3.05, 3.63) is 33.5 Å². The minimum Gasteiger partial charge on any atom is -0.344 e. The quantitative estimate of drug-likeness (QED) is 0.856. The van der Waals surface area contributed by atoms with Gasteiger partial charge in [-0.1, -0.05) is 11.6 Å². The van der Waals surface area contributed by atoms with E-state index in [1.807, 2.05) is 0 Å². The number of anilines is 1. The van der Waals surface area contributed by atoms with Crippen LogP contribution in [0.3, 0.4) is 0 Å². The van der Waals surface area contributed by atoms with E-state index >= 15 is 0 Å². The molecule has 2 aromatic rings. The van der Waals surface area contributed by atoms with Gasteiger partial charge < -0.3 is 10.2 Å². The number of hydrogen-bond acceptors (Lipinski definition) is 4. The van der Waals surface area contributed by atoms with E-state index in [1.54, 1.807) is 20.3 Å². The van der Waals surface area contributed by atoms with Crippen LogP contribution in [-0.2, 0) is 16.6 Å². The summed E-state index contributed by atoms with van der Waals surface area (Å²) in [6, 6.07) is 1.47. The number of aromatic nitrogens is 2. The molecule has 1 aliphatic rings. The zero-order chi connectivity index (χ0) is 16.7. The molecule has 23 heavy (non-hydrogen) atoms. The third-order valence-electron chi connectivity index (χ3n) is 3.97. The topological polar surface area (TPSA) is 67.2 Å². The van der Waals surface area contributed by atoms with Crippen molar-refractivity contribution in [2.75, 3.05) is 18.9 Å². The molecule has 0 bridgehead atoms. The van der Waals surface area contributed by atoms with Gasteiger partial charge in [0.05, 0.1) is 11.9 Å². The number of hydrogen-bond donors (Lipinski definition) is 1. The summed E-state index contributed by atoms with van der Waals surface area (Å²) in [5.74, 6) is -2.24. The molecule has 0 spiro atoms. The number of likely N-dealkylation sites (tertiary alicyclic amines) is 1. The van der Waals surface area contributed by atoms with Crippen LogP contribution in [0.15, 0.2) is 17.6 Å². The van der Waals surface area contributed by atoms with Crippen LogP contribution in [0.1, 0.15) is 11.5 Å². The van der Waals surface area contributed by atoms with Crippen molar-refractivity contribution in [1.82, 2.24) is 14.7 Å². The van der Waals surface area contributed by atoms with E-state index in [0.29, 0.717) is 17.3 Å². The molecule has 6 nitrogen and oxygen atoms in total. The van der Waals surface area contributed by atoms with Crippen LogP contribution in [0.25, 0.3) is 0 Å². The molecular weight excluding hydrogens is 343 g/mol. The standard InChI is InChI=1S/C14H14ClFN4O2S/c1-19-6-8(7-5-17-20(2)11(7)15)10(14(19)22)13(21)18-9-3-4-23-12(9)16/h3-5,8,10H,6H2,1-2H3,(H,18,21)/t8-,10+/m1/s1. The van der Waals surface area contributed by atoms with Crippen molar-refractivity contribution in [1.29, 1.82) is 0 Å². The van der Waals surface area contributed by atoms with Gasteiger partial charge in [-0.3, -0.25) is 14.3 Å². The third kappa shape index (κ3) is 2.72. The molecule has 1 saturated heterocycles. The fourth-order valence-corrected chi connectivity index (χ4v) is 3.56. The molecule has 0 aromatic carbocycles. The van der Waals surface area contributed by atoms with Gasteiger partial charge in [0.25, 0.3) is 0 Å². The second-order valence-corrected chi connectivity index (χ2v) is 6.64. The number of carbonyl (C=O) groups is 2. The van der Waals surface area contributed by atoms with Crippen LogP contribution in [0.4, 0.5) is 10.1 Å². The SMILES string of the molecule is CN1C[C@H](c2cnn(C)c2Cl)[C@@H](C(=O)Nc2ccsc2F)C1=O. The second kappa shape index (κ2) is 5.93. The lowest BCUT2D eigenvalue weighted by molar-refractivity contribution is -0.135. The molecule has 0 saturated carbocycles. The fraction of sp³-hybridized carbons (Fsp3) is 0.357. The molecular formula is C14H14ClFN4O2S. The summed E-state index contributed by atoms with van der Waals surface area (Å²) >= 11 is 7.08. The van der Waals surface area contributed by atoms with Crippen molar-refractivity contribution in [3.8, 4) is 0 Å². The summed E-state index contributed by atoms with van der Waals surface area (Å²) in [6.45, 7) is 0.356. The molecule has 1 N–H and O–H groups in total. The van der Waals surface area contributed by atoms with Gasteiger partial charge >= 0.3 is 0 Å². The number of likely N-dealkylation sites (N-methyl/N-ethyl adjacent to an activating group) is 1. The molecule has 2 amide bonds. The van der Waals surface area contributed by atoms with Gasteiger partial charge in [0.1, 0.15) is 11.1 Å². The van der Waals surface area contributed by atoms with Gasteiger partial charge in [-0.15, -0.1) is 11.3 Å². The smallest absolute Gasteiger partial charge is 0.237 e. The summed E-state index contributed by atoms with van der Waals surface area (Å²) in [7, 11) is 3.31. The average molecular weight is 357 g/mol. The summed E-state index contributed by atoms with van der Waals surface area (Å²) in [5.41, 5.74) is 0.719. The average Bonchev–Trinajstić information content (AvgIpc) is 3.13. The minimum absolute atomic E-state index is 0.0818. The first-order valence-electron chi connectivity index (χ1n) is 6.86. The second-order valence-electron chi connectivity index (χ2n) is 5.41. The summed E-state index contributed by atoms with van der Waals surface area (Å²) in [5, 5.41) is 7.97. The number of nitrogens with zero attached hydrogens (tertiary/aromatic N) is 3. The molecule has 0 unspecified atom stereocenters. The van der Waals surface area contributed by atoms with E-state index < -0.39 is 22.9 Å². The monoisotopic (exact) mass is 356 g/mol. The minimum atomic E-state index is -0.957. The summed E-state index contributed by atoms with van der Waals surface area (Å²) in [4.78, 5) is 26.4. The normalized spacial score (nSPS) is 21.0. The zero-order valence-corrected chi connectivity index (χ0v) is 14.0. The highest BCUT2D eigenvalue weighted by Crippen LogP contribution is 2.37. The predicted octanol–water partition coefficient (Wildman–Crippen LogP) is 2.08. The molecule has 1 fully saturated rings. The Hall–Kier alpha value is -1.93. The first-order chi connectivity index (χ1) is 10.9. The van der Waals surface area contributed by atoms with Crippen LogP contribution >= 0.6 is 22.9 Å². The number of carbonyl (C=O) groups excluding carboxylic acids is 2. The van der Waals surface area contributed by atoms with Gasteiger partial charge in [-0.25, -0.2) is 0 Å². The fourth-order valence-electron chi connectivity index (χ4n) is 2.75. The van der Waals surface area contributed by atoms with Crippen LogP contribution < -0.4 is 5.32 Å². The van der Waals surface area contributed by atoms with Gasteiger partial charge in [-0.05, 0) is 11.4 Å². The maximum absolute atomic E-state index is 13.5. The first kappa shape index (κ1) is 15.9. The third-order valence-corrected chi connectivity index (χ3v) is 5.13. The van der Waals surface area contributed by atoms with Crippen molar-refractivity contribution < 1.29 is 14.0 Å². The largest absolute Gasteiger partial charge is 0.344 e. The lowest BCUT2D eigenvalue weighted by atomic mass is 9.89. The number of aryl methyl sites for hydroxylation is 1. The van der Waals surface area contributed by atoms with Crippen molar-refractivity contribution in [3.63, 3.8) is 0 Å². The highest BCUT2D eigenvalue weighted by Gasteiger charge is 2.45. The lowest BCUT2D eigenvalue weighted by Crippen LogP contribution is -2.32. The Kier molecular flexibility index (Phi) is 4.11. The van der Waals surface area contributed by atoms with E-state index in [9.17, 15) is 14.0 Å². The van der Waals surface area contributed by atoms with E-state index in [0.717, 1.165) is 11.3 Å². The predicted molar refractivity (Wildman–Crippen MR) is 85.0 cm³/mol. The van der Waals surface area contributed by atoms with Crippen LogP contribution in [0.2, 0.25) is 5.15 Å². The molecule has 0 aliphatic carbocycles. The van der Waals surface area contributed by atoms with Gasteiger partial charge in [-0.2, -0.15) is 9.49 Å². The highest BCUT2D eigenvalue weighted by molar-refractivity contribution is 7.08. The van der Waals surface area contributed by atoms with Crippen LogP contribution in [0.5, 0.6) is 0 Å². The first-order valence-corrected chi connectivity index (χ1v) is 8.12. The van der Waals surface area contributed by atoms with Crippen LogP contribution in [-0.4, -0.2) is 40.1 Å². The number of nitrogens with one attached hydrogen (secondary N) is 1. The van der Waals surface area contributed by atoms with Gasteiger partial charge in [0.15, 0.2) is 5.13 Å². The molecule has 2 aromatic heterocycles. The van der Waals surface area contributed by atoms with E-state index in [1.165, 1.54) is 21.0 Å². The Morgan fingerprint density at radius 3 is 2.83 bits per heavy atom. The van der Waals surface area contributed by atoms with Crippen molar-refractivity contribution in [2.45, 2.75) is 5.92 Å². The van der Waals surface area contributed by atoms with E-state index in [2.05, 4.69) is 10.4 Å². The van der Waals surface area contributed by atoms with Crippen LogP contribution in [0, 0.1) is 11.0 Å².